The maximum atomic E-state index is 8.03. The van der Waals surface area contributed by atoms with Crippen LogP contribution in [-0.2, 0) is 0 Å². The Hall–Kier alpha value is -5.17. The van der Waals surface area contributed by atoms with Gasteiger partial charge in [-0.3, -0.25) is 0 Å². The monoisotopic (exact) mass is 526 g/mol. The largest absolute Gasteiger partial charge is 0.318 e. The highest BCUT2D eigenvalue weighted by molar-refractivity contribution is 7.25. The second kappa shape index (κ2) is 8.95. The van der Waals surface area contributed by atoms with E-state index in [1.54, 1.807) is 0 Å². The third-order valence-corrected chi connectivity index (χ3v) is 9.00. The van der Waals surface area contributed by atoms with Gasteiger partial charge in [0, 0.05) is 30.9 Å². The predicted molar refractivity (Wildman–Crippen MR) is 171 cm³/mol. The quantitative estimate of drug-likeness (QED) is 0.203. The van der Waals surface area contributed by atoms with Crippen molar-refractivity contribution >= 4 is 59.0 Å². The number of hydrogen-bond donors (Lipinski definition) is 0. The molecule has 6 aromatic carbocycles. The van der Waals surface area contributed by atoms with E-state index in [-0.39, 0.29) is 0 Å². The Balaban J connectivity index is 1.30. The number of benzene rings is 6. The van der Waals surface area contributed by atoms with Crippen LogP contribution in [0.4, 0.5) is 5.69 Å². The summed E-state index contributed by atoms with van der Waals surface area (Å²) in [4.78, 5) is 3.97. The van der Waals surface area contributed by atoms with Crippen molar-refractivity contribution in [2.24, 2.45) is 0 Å². The summed E-state index contributed by atoms with van der Waals surface area (Å²) in [6, 6.07) is 47.1. The van der Waals surface area contributed by atoms with Gasteiger partial charge >= 0.3 is 0 Å². The number of fused-ring (bicyclic) bond motifs is 6. The minimum Gasteiger partial charge on any atom is -0.318 e. The van der Waals surface area contributed by atoms with Gasteiger partial charge in [0.1, 0.15) is 0 Å². The van der Waals surface area contributed by atoms with Crippen LogP contribution in [0, 0.1) is 6.57 Å². The summed E-state index contributed by atoms with van der Waals surface area (Å²) < 4.78 is 4.90. The summed E-state index contributed by atoms with van der Waals surface area (Å²) in [6.07, 6.45) is 0. The van der Waals surface area contributed by atoms with Gasteiger partial charge in [-0.2, -0.15) is 0 Å². The molecular formula is C37H22N2S. The summed E-state index contributed by atoms with van der Waals surface area (Å²) in [5.74, 6) is 0. The predicted octanol–water partition coefficient (Wildman–Crippen LogP) is 11.0. The van der Waals surface area contributed by atoms with Gasteiger partial charge in [-0.25, -0.2) is 4.85 Å². The highest BCUT2D eigenvalue weighted by Gasteiger charge is 2.18. The van der Waals surface area contributed by atoms with Crippen LogP contribution in [0.3, 0.4) is 0 Å². The van der Waals surface area contributed by atoms with E-state index in [0.29, 0.717) is 5.69 Å². The lowest BCUT2D eigenvalue weighted by molar-refractivity contribution is 1.19. The van der Waals surface area contributed by atoms with E-state index in [2.05, 4.69) is 131 Å². The lowest BCUT2D eigenvalue weighted by atomic mass is 9.97. The van der Waals surface area contributed by atoms with Gasteiger partial charge in [0.2, 0.25) is 5.69 Å². The molecule has 3 heteroatoms. The van der Waals surface area contributed by atoms with Crippen molar-refractivity contribution in [3.05, 3.63) is 145 Å². The highest BCUT2D eigenvalue weighted by Crippen LogP contribution is 2.41. The molecule has 0 spiro atoms. The van der Waals surface area contributed by atoms with E-state index in [9.17, 15) is 0 Å². The van der Waals surface area contributed by atoms with Crippen LogP contribution in [-0.4, -0.2) is 4.57 Å². The second-order valence-electron chi connectivity index (χ2n) is 10.0. The molecule has 40 heavy (non-hydrogen) atoms. The second-order valence-corrected chi connectivity index (χ2v) is 11.1. The zero-order chi connectivity index (χ0) is 26.6. The maximum Gasteiger partial charge on any atom is 0.211 e. The van der Waals surface area contributed by atoms with Gasteiger partial charge in [-0.1, -0.05) is 103 Å². The zero-order valence-electron chi connectivity index (χ0n) is 21.5. The first kappa shape index (κ1) is 22.8. The molecule has 0 saturated carbocycles. The molecule has 0 N–H and O–H groups in total. The minimum atomic E-state index is 0.642. The SMILES string of the molecule is [C-]#[N+]c1cccc(-c2ccc(-c3ccc4sc5ccccc5c4c3)cc2)c1-n1c2ccccc2c2ccccc21. The van der Waals surface area contributed by atoms with Crippen LogP contribution >= 0.6 is 11.3 Å². The number of hydrogen-bond acceptors (Lipinski definition) is 1. The van der Waals surface area contributed by atoms with E-state index in [1.807, 2.05) is 23.5 Å². The molecule has 0 aliphatic rings. The molecule has 8 rings (SSSR count). The van der Waals surface area contributed by atoms with Crippen molar-refractivity contribution in [1.82, 2.24) is 4.57 Å². The van der Waals surface area contributed by atoms with Gasteiger partial charge in [-0.05, 0) is 52.6 Å². The fraction of sp³-hybridized carbons (Fsp3) is 0. The third-order valence-electron chi connectivity index (χ3n) is 7.84. The van der Waals surface area contributed by atoms with Crippen molar-refractivity contribution in [2.75, 3.05) is 0 Å². The summed E-state index contributed by atoms with van der Waals surface area (Å²) >= 11 is 1.84. The van der Waals surface area contributed by atoms with E-state index in [1.165, 1.54) is 42.1 Å². The molecular weight excluding hydrogens is 504 g/mol. The number of nitrogens with zero attached hydrogens (tertiary/aromatic N) is 2. The van der Waals surface area contributed by atoms with Crippen LogP contribution in [0.15, 0.2) is 133 Å². The summed E-state index contributed by atoms with van der Waals surface area (Å²) in [7, 11) is 0. The van der Waals surface area contributed by atoms with Crippen molar-refractivity contribution in [1.29, 1.82) is 0 Å². The molecule has 0 aliphatic heterocycles. The molecule has 8 aromatic rings. The molecule has 0 saturated heterocycles. The molecule has 2 aromatic heterocycles. The highest BCUT2D eigenvalue weighted by atomic mass is 32.1. The Morgan fingerprint density at radius 1 is 0.500 bits per heavy atom. The lowest BCUT2D eigenvalue weighted by Gasteiger charge is -2.16. The fourth-order valence-electron chi connectivity index (χ4n) is 6.00. The van der Waals surface area contributed by atoms with Crippen molar-refractivity contribution in [3.8, 4) is 27.9 Å². The molecule has 0 radical (unpaired) electrons. The molecule has 0 bridgehead atoms. The standard InChI is InChI=1S/C37H22N2S/c1-38-32-13-8-12-27(37(32)39-33-14-5-2-9-28(33)29-10-3-6-15-34(29)39)25-19-17-24(18-20-25)26-21-22-36-31(23-26)30-11-4-7-16-35(30)40-36/h2-23H. The van der Waals surface area contributed by atoms with Gasteiger partial charge in [0.15, 0.2) is 0 Å². The topological polar surface area (TPSA) is 9.29 Å². The zero-order valence-corrected chi connectivity index (χ0v) is 22.3. The normalized spacial score (nSPS) is 11.5. The fourth-order valence-corrected chi connectivity index (χ4v) is 7.09. The van der Waals surface area contributed by atoms with Crippen LogP contribution < -0.4 is 0 Å². The van der Waals surface area contributed by atoms with E-state index in [0.717, 1.165) is 27.8 Å². The number of rotatable bonds is 3. The first-order valence-corrected chi connectivity index (χ1v) is 14.1. The molecule has 2 heterocycles. The Bertz CT molecular complexity index is 2220. The van der Waals surface area contributed by atoms with Gasteiger partial charge in [-0.15, -0.1) is 11.3 Å². The molecule has 0 amide bonds. The molecule has 0 atom stereocenters. The van der Waals surface area contributed by atoms with Crippen molar-refractivity contribution in [2.45, 2.75) is 0 Å². The Kier molecular flexibility index (Phi) is 5.10. The summed E-state index contributed by atoms with van der Waals surface area (Å²) in [5.41, 5.74) is 8.31. The van der Waals surface area contributed by atoms with Crippen molar-refractivity contribution < 1.29 is 0 Å². The third kappa shape index (κ3) is 3.41. The van der Waals surface area contributed by atoms with Crippen LogP contribution in [0.2, 0.25) is 0 Å². The van der Waals surface area contributed by atoms with E-state index < -0.39 is 0 Å². The van der Waals surface area contributed by atoms with Crippen molar-refractivity contribution in [3.63, 3.8) is 0 Å². The van der Waals surface area contributed by atoms with E-state index >= 15 is 0 Å². The summed E-state index contributed by atoms with van der Waals surface area (Å²) in [6.45, 7) is 8.03. The van der Waals surface area contributed by atoms with Gasteiger partial charge in [0.25, 0.3) is 0 Å². The number of aromatic nitrogens is 1. The molecule has 2 nitrogen and oxygen atoms in total. The average Bonchev–Trinajstić information content (AvgIpc) is 3.56. The van der Waals surface area contributed by atoms with Crippen LogP contribution in [0.1, 0.15) is 0 Å². The molecule has 0 fully saturated rings. The number of thiophene rings is 1. The summed E-state index contributed by atoms with van der Waals surface area (Å²) in [5, 5.41) is 5.00. The Morgan fingerprint density at radius 2 is 1.10 bits per heavy atom. The minimum absolute atomic E-state index is 0.642. The molecule has 0 unspecified atom stereocenters. The molecule has 0 aliphatic carbocycles. The smallest absolute Gasteiger partial charge is 0.211 e. The first-order valence-electron chi connectivity index (χ1n) is 13.3. The first-order chi connectivity index (χ1) is 19.8. The van der Waals surface area contributed by atoms with Crippen LogP contribution in [0.5, 0.6) is 0 Å². The average molecular weight is 527 g/mol. The molecule has 186 valence electrons. The maximum absolute atomic E-state index is 8.03. The van der Waals surface area contributed by atoms with Crippen LogP contribution in [0.25, 0.3) is 74.8 Å². The van der Waals surface area contributed by atoms with E-state index in [4.69, 9.17) is 6.57 Å². The number of para-hydroxylation sites is 3. The Morgan fingerprint density at radius 3 is 1.82 bits per heavy atom. The van der Waals surface area contributed by atoms with Gasteiger partial charge in [0.05, 0.1) is 23.3 Å². The lowest BCUT2D eigenvalue weighted by Crippen LogP contribution is -1.97. The van der Waals surface area contributed by atoms with Gasteiger partial charge < -0.3 is 4.57 Å². The Labute approximate surface area is 235 Å².